The van der Waals surface area contributed by atoms with E-state index < -0.39 is 0 Å². The van der Waals surface area contributed by atoms with Gasteiger partial charge in [0.15, 0.2) is 0 Å². The smallest absolute Gasteiger partial charge is 0.128 e. The van der Waals surface area contributed by atoms with E-state index in [1.807, 2.05) is 6.20 Å². The highest BCUT2D eigenvalue weighted by Gasteiger charge is 2.11. The lowest BCUT2D eigenvalue weighted by atomic mass is 10.1. The van der Waals surface area contributed by atoms with Gasteiger partial charge in [0.05, 0.1) is 25.1 Å². The lowest BCUT2D eigenvalue weighted by molar-refractivity contribution is 0.122. The molecule has 1 unspecified atom stereocenters. The van der Waals surface area contributed by atoms with Gasteiger partial charge < -0.3 is 15.0 Å². The lowest BCUT2D eigenvalue weighted by Gasteiger charge is -2.27. The molecular weight excluding hydrogens is 226 g/mol. The van der Waals surface area contributed by atoms with E-state index in [0.29, 0.717) is 5.92 Å². The molecule has 2 rings (SSSR count). The molecule has 0 bridgehead atoms. The fourth-order valence-corrected chi connectivity index (χ4v) is 1.91. The van der Waals surface area contributed by atoms with Gasteiger partial charge in [-0.1, -0.05) is 20.3 Å². The zero-order chi connectivity index (χ0) is 12.8. The van der Waals surface area contributed by atoms with Gasteiger partial charge >= 0.3 is 0 Å². The summed E-state index contributed by atoms with van der Waals surface area (Å²) in [6.07, 6.45) is 3.12. The standard InChI is InChI=1S/C14H23N3O/c1-3-12(2)10-15-13-4-5-14(16-11-13)17-6-8-18-9-7-17/h4-5,11-12,15H,3,6-10H2,1-2H3. The molecule has 0 aliphatic carbocycles. The van der Waals surface area contributed by atoms with Crippen molar-refractivity contribution in [2.24, 2.45) is 5.92 Å². The highest BCUT2D eigenvalue weighted by molar-refractivity contribution is 5.48. The second-order valence-electron chi connectivity index (χ2n) is 4.90. The van der Waals surface area contributed by atoms with Crippen LogP contribution in [0.2, 0.25) is 0 Å². The summed E-state index contributed by atoms with van der Waals surface area (Å²) in [4.78, 5) is 6.78. The molecule has 1 aliphatic rings. The van der Waals surface area contributed by atoms with E-state index in [2.05, 4.69) is 41.2 Å². The van der Waals surface area contributed by atoms with Crippen LogP contribution in [-0.2, 0) is 4.74 Å². The topological polar surface area (TPSA) is 37.4 Å². The largest absolute Gasteiger partial charge is 0.384 e. The summed E-state index contributed by atoms with van der Waals surface area (Å²) >= 11 is 0. The third-order valence-electron chi connectivity index (χ3n) is 3.43. The molecule has 0 saturated carbocycles. The first-order valence-electron chi connectivity index (χ1n) is 6.82. The number of hydrogen-bond acceptors (Lipinski definition) is 4. The SMILES string of the molecule is CCC(C)CNc1ccc(N2CCOCC2)nc1. The number of rotatable bonds is 5. The molecule has 4 heteroatoms. The monoisotopic (exact) mass is 249 g/mol. The second kappa shape index (κ2) is 6.59. The van der Waals surface area contributed by atoms with E-state index in [0.717, 1.165) is 44.4 Å². The van der Waals surface area contributed by atoms with Crippen LogP contribution in [0.3, 0.4) is 0 Å². The lowest BCUT2D eigenvalue weighted by Crippen LogP contribution is -2.36. The predicted octanol–water partition coefficient (Wildman–Crippen LogP) is 2.38. The molecule has 1 saturated heterocycles. The number of aromatic nitrogens is 1. The molecular formula is C14H23N3O. The van der Waals surface area contributed by atoms with Crippen LogP contribution < -0.4 is 10.2 Å². The third-order valence-corrected chi connectivity index (χ3v) is 3.43. The van der Waals surface area contributed by atoms with Crippen molar-refractivity contribution in [1.82, 2.24) is 4.98 Å². The molecule has 0 radical (unpaired) electrons. The number of hydrogen-bond donors (Lipinski definition) is 1. The van der Waals surface area contributed by atoms with Gasteiger partial charge in [0.2, 0.25) is 0 Å². The number of pyridine rings is 1. The van der Waals surface area contributed by atoms with Gasteiger partial charge in [-0.15, -0.1) is 0 Å². The highest BCUT2D eigenvalue weighted by atomic mass is 16.5. The zero-order valence-corrected chi connectivity index (χ0v) is 11.4. The van der Waals surface area contributed by atoms with Crippen LogP contribution in [0.1, 0.15) is 20.3 Å². The summed E-state index contributed by atoms with van der Waals surface area (Å²) in [5.74, 6) is 1.75. The minimum absolute atomic E-state index is 0.698. The molecule has 1 aromatic heterocycles. The molecule has 1 aliphatic heterocycles. The highest BCUT2D eigenvalue weighted by Crippen LogP contribution is 2.15. The van der Waals surface area contributed by atoms with Crippen LogP contribution >= 0.6 is 0 Å². The molecule has 1 aromatic rings. The summed E-state index contributed by atoms with van der Waals surface area (Å²) in [5.41, 5.74) is 1.10. The van der Waals surface area contributed by atoms with Crippen molar-refractivity contribution in [1.29, 1.82) is 0 Å². The minimum atomic E-state index is 0.698. The Hall–Kier alpha value is -1.29. The molecule has 1 fully saturated rings. The van der Waals surface area contributed by atoms with Gasteiger partial charge in [-0.25, -0.2) is 4.98 Å². The Morgan fingerprint density at radius 1 is 1.39 bits per heavy atom. The fraction of sp³-hybridized carbons (Fsp3) is 0.643. The van der Waals surface area contributed by atoms with Gasteiger partial charge in [0.1, 0.15) is 5.82 Å². The maximum Gasteiger partial charge on any atom is 0.128 e. The van der Waals surface area contributed by atoms with E-state index in [4.69, 9.17) is 4.74 Å². The van der Waals surface area contributed by atoms with Crippen LogP contribution in [0.25, 0.3) is 0 Å². The Morgan fingerprint density at radius 3 is 2.78 bits per heavy atom. The molecule has 1 atom stereocenters. The van der Waals surface area contributed by atoms with E-state index >= 15 is 0 Å². The molecule has 0 aromatic carbocycles. The summed E-state index contributed by atoms with van der Waals surface area (Å²) < 4.78 is 5.34. The first-order valence-corrected chi connectivity index (χ1v) is 6.82. The third kappa shape index (κ3) is 3.60. The fourth-order valence-electron chi connectivity index (χ4n) is 1.91. The molecule has 100 valence electrons. The van der Waals surface area contributed by atoms with Crippen LogP contribution in [-0.4, -0.2) is 37.8 Å². The summed E-state index contributed by atoms with van der Waals surface area (Å²) in [5, 5.41) is 3.42. The molecule has 18 heavy (non-hydrogen) atoms. The van der Waals surface area contributed by atoms with Gasteiger partial charge in [-0.2, -0.15) is 0 Å². The van der Waals surface area contributed by atoms with Crippen molar-refractivity contribution in [2.75, 3.05) is 43.1 Å². The first-order chi connectivity index (χ1) is 8.79. The van der Waals surface area contributed by atoms with E-state index in [1.165, 1.54) is 6.42 Å². The number of nitrogens with zero attached hydrogens (tertiary/aromatic N) is 2. The van der Waals surface area contributed by atoms with Crippen LogP contribution in [0, 0.1) is 5.92 Å². The van der Waals surface area contributed by atoms with Gasteiger partial charge in [0, 0.05) is 19.6 Å². The zero-order valence-electron chi connectivity index (χ0n) is 11.4. The first kappa shape index (κ1) is 13.1. The van der Waals surface area contributed by atoms with E-state index in [9.17, 15) is 0 Å². The maximum atomic E-state index is 5.34. The van der Waals surface area contributed by atoms with Crippen LogP contribution in [0.5, 0.6) is 0 Å². The number of nitrogens with one attached hydrogen (secondary N) is 1. The van der Waals surface area contributed by atoms with Crippen molar-refractivity contribution >= 4 is 11.5 Å². The van der Waals surface area contributed by atoms with E-state index in [-0.39, 0.29) is 0 Å². The summed E-state index contributed by atoms with van der Waals surface area (Å²) in [6, 6.07) is 4.20. The number of morpholine rings is 1. The minimum Gasteiger partial charge on any atom is -0.384 e. The van der Waals surface area contributed by atoms with Gasteiger partial charge in [-0.05, 0) is 18.1 Å². The average Bonchev–Trinajstić information content (AvgIpc) is 2.46. The quantitative estimate of drug-likeness (QED) is 0.869. The predicted molar refractivity (Wildman–Crippen MR) is 75.2 cm³/mol. The van der Waals surface area contributed by atoms with Crippen molar-refractivity contribution in [3.05, 3.63) is 18.3 Å². The Kier molecular flexibility index (Phi) is 4.81. The number of ether oxygens (including phenoxy) is 1. The van der Waals surface area contributed by atoms with Crippen molar-refractivity contribution < 1.29 is 4.74 Å². The van der Waals surface area contributed by atoms with Crippen LogP contribution in [0.15, 0.2) is 18.3 Å². The Bertz CT molecular complexity index is 347. The average molecular weight is 249 g/mol. The Labute approximate surface area is 109 Å². The maximum absolute atomic E-state index is 5.34. The molecule has 2 heterocycles. The number of anilines is 2. The molecule has 0 spiro atoms. The molecule has 1 N–H and O–H groups in total. The van der Waals surface area contributed by atoms with Crippen molar-refractivity contribution in [3.63, 3.8) is 0 Å². The van der Waals surface area contributed by atoms with Crippen molar-refractivity contribution in [3.8, 4) is 0 Å². The van der Waals surface area contributed by atoms with Gasteiger partial charge in [-0.3, -0.25) is 0 Å². The Balaban J connectivity index is 1.88. The molecule has 4 nitrogen and oxygen atoms in total. The Morgan fingerprint density at radius 2 is 2.17 bits per heavy atom. The summed E-state index contributed by atoms with van der Waals surface area (Å²) in [7, 11) is 0. The van der Waals surface area contributed by atoms with Crippen LogP contribution in [0.4, 0.5) is 11.5 Å². The van der Waals surface area contributed by atoms with Crippen molar-refractivity contribution in [2.45, 2.75) is 20.3 Å². The second-order valence-corrected chi connectivity index (χ2v) is 4.90. The molecule has 0 amide bonds. The normalized spacial score (nSPS) is 17.6. The van der Waals surface area contributed by atoms with E-state index in [1.54, 1.807) is 0 Å². The summed E-state index contributed by atoms with van der Waals surface area (Å²) in [6.45, 7) is 8.95. The van der Waals surface area contributed by atoms with Gasteiger partial charge in [0.25, 0.3) is 0 Å².